The van der Waals surface area contributed by atoms with E-state index >= 15 is 0 Å². The maximum absolute atomic E-state index is 4.01. The molecular formula is C21H34N2. The van der Waals surface area contributed by atoms with Crippen LogP contribution in [0.1, 0.15) is 64.2 Å². The second-order valence-corrected chi connectivity index (χ2v) is 10.5. The third-order valence-corrected chi connectivity index (χ3v) is 9.13. The SMILES string of the molecule is C(NC1C2CC3CC(C2)CC1C3)NC1C2CC3CC(C2)CC1C3. The topological polar surface area (TPSA) is 24.1 Å². The minimum atomic E-state index is 0.854. The highest BCUT2D eigenvalue weighted by Gasteiger charge is 2.49. The maximum atomic E-state index is 4.01. The van der Waals surface area contributed by atoms with Crippen LogP contribution in [0.5, 0.6) is 0 Å². The average molecular weight is 315 g/mol. The van der Waals surface area contributed by atoms with Crippen molar-refractivity contribution in [3.63, 3.8) is 0 Å². The molecule has 128 valence electrons. The van der Waals surface area contributed by atoms with Crippen LogP contribution in [0.3, 0.4) is 0 Å². The lowest BCUT2D eigenvalue weighted by molar-refractivity contribution is -0.0259. The molecule has 0 heterocycles. The van der Waals surface area contributed by atoms with Crippen LogP contribution < -0.4 is 10.6 Å². The molecule has 8 saturated carbocycles. The molecule has 0 spiro atoms. The predicted octanol–water partition coefficient (Wildman–Crippen LogP) is 3.77. The Kier molecular flexibility index (Phi) is 3.20. The lowest BCUT2D eigenvalue weighted by Crippen LogP contribution is -2.59. The Morgan fingerprint density at radius 3 is 1.04 bits per heavy atom. The fourth-order valence-electron chi connectivity index (χ4n) is 8.81. The molecule has 8 bridgehead atoms. The number of hydrogen-bond acceptors (Lipinski definition) is 2. The monoisotopic (exact) mass is 314 g/mol. The summed E-state index contributed by atoms with van der Waals surface area (Å²) < 4.78 is 0. The second kappa shape index (κ2) is 5.21. The van der Waals surface area contributed by atoms with E-state index in [4.69, 9.17) is 0 Å². The van der Waals surface area contributed by atoms with E-state index in [-0.39, 0.29) is 0 Å². The summed E-state index contributed by atoms with van der Waals surface area (Å²) in [5.41, 5.74) is 0. The minimum Gasteiger partial charge on any atom is -0.301 e. The Morgan fingerprint density at radius 1 is 0.435 bits per heavy atom. The number of nitrogens with one attached hydrogen (secondary N) is 2. The Morgan fingerprint density at radius 2 is 0.739 bits per heavy atom. The van der Waals surface area contributed by atoms with Crippen LogP contribution in [-0.2, 0) is 0 Å². The van der Waals surface area contributed by atoms with Crippen molar-refractivity contribution in [1.82, 2.24) is 10.6 Å². The van der Waals surface area contributed by atoms with Gasteiger partial charge in [-0.15, -0.1) is 0 Å². The molecule has 8 fully saturated rings. The molecule has 8 aliphatic carbocycles. The van der Waals surface area contributed by atoms with Gasteiger partial charge in [0.15, 0.2) is 0 Å². The third-order valence-electron chi connectivity index (χ3n) is 9.13. The maximum Gasteiger partial charge on any atom is 0.0458 e. The van der Waals surface area contributed by atoms with E-state index in [2.05, 4.69) is 10.6 Å². The van der Waals surface area contributed by atoms with Gasteiger partial charge in [-0.3, -0.25) is 0 Å². The molecule has 0 aromatic rings. The molecule has 0 aliphatic heterocycles. The highest BCUT2D eigenvalue weighted by Crippen LogP contribution is 2.55. The van der Waals surface area contributed by atoms with Crippen LogP contribution in [0.15, 0.2) is 0 Å². The van der Waals surface area contributed by atoms with Crippen molar-refractivity contribution in [2.75, 3.05) is 6.67 Å². The van der Waals surface area contributed by atoms with Gasteiger partial charge in [0.25, 0.3) is 0 Å². The first-order valence-corrected chi connectivity index (χ1v) is 10.8. The summed E-state index contributed by atoms with van der Waals surface area (Å²) in [6.07, 6.45) is 15.5. The van der Waals surface area contributed by atoms with E-state index in [0.29, 0.717) is 0 Å². The fraction of sp³-hybridized carbons (Fsp3) is 1.00. The molecule has 2 heteroatoms. The molecule has 0 radical (unpaired) electrons. The third kappa shape index (κ3) is 2.27. The van der Waals surface area contributed by atoms with Crippen LogP contribution in [0.25, 0.3) is 0 Å². The van der Waals surface area contributed by atoms with Crippen LogP contribution in [0.4, 0.5) is 0 Å². The molecule has 0 saturated heterocycles. The molecule has 0 amide bonds. The molecule has 8 aliphatic rings. The van der Waals surface area contributed by atoms with E-state index in [9.17, 15) is 0 Å². The number of hydrogen-bond donors (Lipinski definition) is 2. The molecule has 0 unspecified atom stereocenters. The van der Waals surface area contributed by atoms with E-state index in [1.807, 2.05) is 0 Å². The minimum absolute atomic E-state index is 0.854. The summed E-state index contributed by atoms with van der Waals surface area (Å²) >= 11 is 0. The first kappa shape index (κ1) is 14.1. The lowest BCUT2D eigenvalue weighted by atomic mass is 9.54. The van der Waals surface area contributed by atoms with Crippen molar-refractivity contribution < 1.29 is 0 Å². The molecule has 2 N–H and O–H groups in total. The Labute approximate surface area is 141 Å². The summed E-state index contributed by atoms with van der Waals surface area (Å²) in [5.74, 6) is 8.50. The second-order valence-electron chi connectivity index (χ2n) is 10.5. The highest BCUT2D eigenvalue weighted by molar-refractivity contribution is 5.03. The smallest absolute Gasteiger partial charge is 0.0458 e. The van der Waals surface area contributed by atoms with E-state index in [1.54, 1.807) is 64.2 Å². The quantitative estimate of drug-likeness (QED) is 0.772. The van der Waals surface area contributed by atoms with Gasteiger partial charge < -0.3 is 10.6 Å². The highest BCUT2D eigenvalue weighted by atomic mass is 15.1. The van der Waals surface area contributed by atoms with Crippen LogP contribution in [0, 0.1) is 47.3 Å². The first-order valence-electron chi connectivity index (χ1n) is 10.8. The van der Waals surface area contributed by atoms with Crippen LogP contribution >= 0.6 is 0 Å². The summed E-state index contributed by atoms with van der Waals surface area (Å²) in [7, 11) is 0. The fourth-order valence-corrected chi connectivity index (χ4v) is 8.81. The van der Waals surface area contributed by atoms with E-state index in [0.717, 1.165) is 66.1 Å². The molecule has 0 aromatic carbocycles. The van der Waals surface area contributed by atoms with Crippen LogP contribution in [-0.4, -0.2) is 18.8 Å². The van der Waals surface area contributed by atoms with Gasteiger partial charge in [-0.25, -0.2) is 0 Å². The van der Waals surface area contributed by atoms with Crippen molar-refractivity contribution in [3.8, 4) is 0 Å². The summed E-state index contributed by atoms with van der Waals surface area (Å²) in [6, 6.07) is 1.71. The zero-order valence-corrected chi connectivity index (χ0v) is 14.6. The zero-order valence-electron chi connectivity index (χ0n) is 14.6. The molecule has 8 rings (SSSR count). The Balaban J connectivity index is 1.07. The van der Waals surface area contributed by atoms with Crippen LogP contribution in [0.2, 0.25) is 0 Å². The summed E-state index contributed by atoms with van der Waals surface area (Å²) in [5, 5.41) is 8.03. The Bertz CT molecular complexity index is 374. The average Bonchev–Trinajstić information content (AvgIpc) is 2.51. The Hall–Kier alpha value is -0.0800. The van der Waals surface area contributed by atoms with Gasteiger partial charge in [-0.1, -0.05) is 0 Å². The van der Waals surface area contributed by atoms with Gasteiger partial charge >= 0.3 is 0 Å². The van der Waals surface area contributed by atoms with Gasteiger partial charge in [0.1, 0.15) is 0 Å². The normalized spacial score (nSPS) is 59.0. The molecule has 0 aromatic heterocycles. The van der Waals surface area contributed by atoms with E-state index < -0.39 is 0 Å². The summed E-state index contributed by atoms with van der Waals surface area (Å²) in [6.45, 7) is 1.10. The lowest BCUT2D eigenvalue weighted by Gasteiger charge is -2.56. The zero-order chi connectivity index (χ0) is 15.0. The predicted molar refractivity (Wildman–Crippen MR) is 92.8 cm³/mol. The van der Waals surface area contributed by atoms with Gasteiger partial charge in [0.2, 0.25) is 0 Å². The van der Waals surface area contributed by atoms with Crippen molar-refractivity contribution >= 4 is 0 Å². The number of rotatable bonds is 4. The van der Waals surface area contributed by atoms with Gasteiger partial charge in [0.05, 0.1) is 0 Å². The van der Waals surface area contributed by atoms with Crippen molar-refractivity contribution in [2.45, 2.75) is 76.3 Å². The summed E-state index contributed by atoms with van der Waals surface area (Å²) in [4.78, 5) is 0. The van der Waals surface area contributed by atoms with Gasteiger partial charge in [0, 0.05) is 18.8 Å². The molecular weight excluding hydrogens is 280 g/mol. The first-order chi connectivity index (χ1) is 11.3. The van der Waals surface area contributed by atoms with E-state index in [1.165, 1.54) is 0 Å². The largest absolute Gasteiger partial charge is 0.301 e. The van der Waals surface area contributed by atoms with Crippen molar-refractivity contribution in [3.05, 3.63) is 0 Å². The van der Waals surface area contributed by atoms with Gasteiger partial charge in [-0.05, 0) is 112 Å². The molecule has 23 heavy (non-hydrogen) atoms. The van der Waals surface area contributed by atoms with Gasteiger partial charge in [-0.2, -0.15) is 0 Å². The molecule has 2 nitrogen and oxygen atoms in total. The van der Waals surface area contributed by atoms with Crippen molar-refractivity contribution in [2.24, 2.45) is 47.3 Å². The van der Waals surface area contributed by atoms with Crippen molar-refractivity contribution in [1.29, 1.82) is 0 Å². The standard InChI is InChI=1S/C21H34N2/c1-12-3-16-5-13(1)6-17(4-12)20(16)22-11-23-21-18-7-14-2-15(9-18)10-19(21)8-14/h12-23H,1-11H2. The molecule has 0 atom stereocenters.